The maximum atomic E-state index is 12.0. The molecule has 21 heavy (non-hydrogen) atoms. The molecule has 6 heteroatoms. The van der Waals surface area contributed by atoms with E-state index in [1.165, 1.54) is 19.1 Å². The second-order valence-electron chi connectivity index (χ2n) is 4.22. The van der Waals surface area contributed by atoms with Crippen LogP contribution in [0.3, 0.4) is 0 Å². The first kappa shape index (κ1) is 15.4. The summed E-state index contributed by atoms with van der Waals surface area (Å²) in [5, 5.41) is 3.27. The van der Waals surface area contributed by atoms with Gasteiger partial charge in [0.05, 0.1) is 10.6 Å². The minimum atomic E-state index is -0.602. The Morgan fingerprint density at radius 2 is 1.71 bits per heavy atom. The van der Waals surface area contributed by atoms with E-state index < -0.39 is 5.97 Å². The number of halogens is 2. The number of benzene rings is 2. The van der Waals surface area contributed by atoms with Gasteiger partial charge >= 0.3 is 5.97 Å². The summed E-state index contributed by atoms with van der Waals surface area (Å²) in [6, 6.07) is 11.0. The van der Waals surface area contributed by atoms with Crippen molar-refractivity contribution in [3.05, 3.63) is 58.1 Å². The van der Waals surface area contributed by atoms with Gasteiger partial charge in [-0.25, -0.2) is 4.79 Å². The third-order valence-corrected chi connectivity index (χ3v) is 3.10. The third-order valence-electron chi connectivity index (χ3n) is 2.53. The Bertz CT molecular complexity index is 684. The summed E-state index contributed by atoms with van der Waals surface area (Å²) in [6.45, 7) is 1.41. The number of rotatable bonds is 3. The van der Waals surface area contributed by atoms with Crippen molar-refractivity contribution in [2.75, 3.05) is 5.32 Å². The summed E-state index contributed by atoms with van der Waals surface area (Å²) in [4.78, 5) is 22.9. The number of amides is 1. The molecule has 0 fully saturated rings. The molecule has 0 spiro atoms. The number of ether oxygens (including phenoxy) is 1. The molecule has 0 atom stereocenters. The molecule has 108 valence electrons. The Kier molecular flexibility index (Phi) is 4.83. The molecule has 0 aliphatic heterocycles. The number of carbonyl (C=O) groups is 2. The number of hydrogen-bond donors (Lipinski definition) is 1. The van der Waals surface area contributed by atoms with Gasteiger partial charge in [-0.3, -0.25) is 4.79 Å². The fourth-order valence-electron chi connectivity index (χ4n) is 1.63. The van der Waals surface area contributed by atoms with Crippen LogP contribution in [0.15, 0.2) is 42.5 Å². The molecule has 2 rings (SSSR count). The fourth-order valence-corrected chi connectivity index (χ4v) is 1.99. The zero-order valence-electron chi connectivity index (χ0n) is 11.0. The average Bonchev–Trinajstić information content (AvgIpc) is 2.43. The van der Waals surface area contributed by atoms with E-state index in [9.17, 15) is 9.59 Å². The Hall–Kier alpha value is -2.04. The summed E-state index contributed by atoms with van der Waals surface area (Å²) in [5.41, 5.74) is 0.804. The van der Waals surface area contributed by atoms with Gasteiger partial charge in [-0.15, -0.1) is 0 Å². The van der Waals surface area contributed by atoms with E-state index in [0.29, 0.717) is 16.5 Å². The van der Waals surface area contributed by atoms with E-state index in [1.807, 2.05) is 0 Å². The van der Waals surface area contributed by atoms with Crippen molar-refractivity contribution in [2.45, 2.75) is 6.92 Å². The molecular weight excluding hydrogens is 313 g/mol. The summed E-state index contributed by atoms with van der Waals surface area (Å²) >= 11 is 11.8. The van der Waals surface area contributed by atoms with Crippen molar-refractivity contribution < 1.29 is 14.3 Å². The normalized spacial score (nSPS) is 10.0. The molecule has 0 aromatic heterocycles. The molecule has 0 bridgehead atoms. The van der Waals surface area contributed by atoms with E-state index in [4.69, 9.17) is 27.9 Å². The van der Waals surface area contributed by atoms with Crippen LogP contribution in [0, 0.1) is 0 Å². The predicted octanol–water partition coefficient (Wildman–Crippen LogP) is 4.17. The highest BCUT2D eigenvalue weighted by Gasteiger charge is 2.13. The minimum Gasteiger partial charge on any atom is -0.423 e. The summed E-state index contributed by atoms with van der Waals surface area (Å²) in [6.07, 6.45) is 0. The zero-order valence-corrected chi connectivity index (χ0v) is 12.5. The van der Waals surface area contributed by atoms with Crippen LogP contribution in [0.2, 0.25) is 10.0 Å². The first-order chi connectivity index (χ1) is 9.95. The van der Waals surface area contributed by atoms with E-state index >= 15 is 0 Å². The van der Waals surface area contributed by atoms with Gasteiger partial charge in [-0.2, -0.15) is 0 Å². The van der Waals surface area contributed by atoms with E-state index in [1.54, 1.807) is 30.3 Å². The summed E-state index contributed by atoms with van der Waals surface area (Å²) in [5.74, 6) is -0.439. The van der Waals surface area contributed by atoms with Gasteiger partial charge in [-0.05, 0) is 42.5 Å². The average molecular weight is 324 g/mol. The molecule has 0 unspecified atom stereocenters. The molecule has 0 aliphatic rings. The van der Waals surface area contributed by atoms with Gasteiger partial charge in [0.1, 0.15) is 5.75 Å². The topological polar surface area (TPSA) is 55.4 Å². The van der Waals surface area contributed by atoms with Crippen molar-refractivity contribution in [1.82, 2.24) is 0 Å². The molecule has 0 aliphatic carbocycles. The Morgan fingerprint density at radius 3 is 2.33 bits per heavy atom. The maximum Gasteiger partial charge on any atom is 0.345 e. The lowest BCUT2D eigenvalue weighted by Crippen LogP contribution is -2.09. The first-order valence-electron chi connectivity index (χ1n) is 6.00. The van der Waals surface area contributed by atoms with Gasteiger partial charge in [0.2, 0.25) is 5.91 Å². The molecule has 1 amide bonds. The van der Waals surface area contributed by atoms with Crippen LogP contribution in [0.25, 0.3) is 0 Å². The van der Waals surface area contributed by atoms with Crippen LogP contribution >= 0.6 is 23.2 Å². The monoisotopic (exact) mass is 323 g/mol. The van der Waals surface area contributed by atoms with Gasteiger partial charge in [0.15, 0.2) is 0 Å². The first-order valence-corrected chi connectivity index (χ1v) is 6.76. The molecule has 4 nitrogen and oxygen atoms in total. The summed E-state index contributed by atoms with van der Waals surface area (Å²) < 4.78 is 5.20. The van der Waals surface area contributed by atoms with Crippen molar-refractivity contribution >= 4 is 40.8 Å². The Balaban J connectivity index is 2.12. The predicted molar refractivity (Wildman–Crippen MR) is 82.2 cm³/mol. The van der Waals surface area contributed by atoms with Crippen LogP contribution in [-0.2, 0) is 4.79 Å². The van der Waals surface area contributed by atoms with Gasteiger partial charge < -0.3 is 10.1 Å². The van der Waals surface area contributed by atoms with Gasteiger partial charge in [0, 0.05) is 17.6 Å². The van der Waals surface area contributed by atoms with Crippen LogP contribution < -0.4 is 10.1 Å². The Labute approximate surface area is 131 Å². The van der Waals surface area contributed by atoms with E-state index in [0.717, 1.165) is 0 Å². The number of carbonyl (C=O) groups excluding carboxylic acids is 2. The molecule has 2 aromatic rings. The summed E-state index contributed by atoms with van der Waals surface area (Å²) in [7, 11) is 0. The molecule has 0 saturated carbocycles. The zero-order chi connectivity index (χ0) is 15.4. The van der Waals surface area contributed by atoms with Gasteiger partial charge in [-0.1, -0.05) is 23.2 Å². The minimum absolute atomic E-state index is 0.176. The Morgan fingerprint density at radius 1 is 1.05 bits per heavy atom. The highest BCUT2D eigenvalue weighted by atomic mass is 35.5. The van der Waals surface area contributed by atoms with Crippen molar-refractivity contribution in [3.63, 3.8) is 0 Å². The lowest BCUT2D eigenvalue weighted by Gasteiger charge is -2.07. The number of anilines is 1. The second-order valence-corrected chi connectivity index (χ2v) is 5.06. The SMILES string of the molecule is CC(=O)Nc1ccc(OC(=O)c2cc(Cl)ccc2Cl)cc1. The lowest BCUT2D eigenvalue weighted by atomic mass is 10.2. The number of esters is 1. The third kappa shape index (κ3) is 4.21. The highest BCUT2D eigenvalue weighted by molar-refractivity contribution is 6.35. The van der Waals surface area contributed by atoms with Crippen LogP contribution in [0.4, 0.5) is 5.69 Å². The van der Waals surface area contributed by atoms with Crippen LogP contribution in [-0.4, -0.2) is 11.9 Å². The molecule has 0 heterocycles. The molecule has 0 saturated heterocycles. The standard InChI is InChI=1S/C15H11Cl2NO3/c1-9(19)18-11-3-5-12(6-4-11)21-15(20)13-8-10(16)2-7-14(13)17/h2-8H,1H3,(H,18,19). The van der Waals surface area contributed by atoms with Crippen molar-refractivity contribution in [1.29, 1.82) is 0 Å². The molecule has 1 N–H and O–H groups in total. The van der Waals surface area contributed by atoms with Gasteiger partial charge in [0.25, 0.3) is 0 Å². The smallest absolute Gasteiger partial charge is 0.345 e. The van der Waals surface area contributed by atoms with Crippen LogP contribution in [0.5, 0.6) is 5.75 Å². The maximum absolute atomic E-state index is 12.0. The van der Waals surface area contributed by atoms with E-state index in [2.05, 4.69) is 5.32 Å². The number of nitrogens with one attached hydrogen (secondary N) is 1. The van der Waals surface area contributed by atoms with Crippen molar-refractivity contribution in [3.8, 4) is 5.75 Å². The largest absolute Gasteiger partial charge is 0.423 e. The molecule has 0 radical (unpaired) electrons. The lowest BCUT2D eigenvalue weighted by molar-refractivity contribution is -0.114. The second kappa shape index (κ2) is 6.61. The fraction of sp³-hybridized carbons (Fsp3) is 0.0667. The van der Waals surface area contributed by atoms with E-state index in [-0.39, 0.29) is 16.5 Å². The molecule has 2 aromatic carbocycles. The van der Waals surface area contributed by atoms with Crippen LogP contribution in [0.1, 0.15) is 17.3 Å². The highest BCUT2D eigenvalue weighted by Crippen LogP contribution is 2.23. The quantitative estimate of drug-likeness (QED) is 0.681. The number of hydrogen-bond acceptors (Lipinski definition) is 3. The molecular formula is C15H11Cl2NO3. The van der Waals surface area contributed by atoms with Crippen molar-refractivity contribution in [2.24, 2.45) is 0 Å².